The molecule has 2 aromatic carbocycles. The van der Waals surface area contributed by atoms with E-state index in [9.17, 15) is 29.8 Å². The fraction of sp³-hybridized carbons (Fsp3) is 0. The molecule has 0 aliphatic heterocycles. The first-order valence-corrected chi connectivity index (χ1v) is 9.83. The molecule has 2 aromatic rings. The van der Waals surface area contributed by atoms with Crippen molar-refractivity contribution in [1.29, 1.82) is 0 Å². The second-order valence-electron chi connectivity index (χ2n) is 4.43. The van der Waals surface area contributed by atoms with Gasteiger partial charge in [-0.05, 0) is 23.6 Å². The van der Waals surface area contributed by atoms with E-state index in [0.717, 1.165) is 24.3 Å². The van der Waals surface area contributed by atoms with Crippen LogP contribution in [0.4, 0.5) is 5.69 Å². The van der Waals surface area contributed by atoms with Crippen molar-refractivity contribution in [1.82, 2.24) is 0 Å². The molecule has 0 saturated heterocycles. The average molecular weight is 383 g/mol. The first kappa shape index (κ1) is 17.6. The summed E-state index contributed by atoms with van der Waals surface area (Å²) in [4.78, 5) is -3.03. The molecule has 0 aromatic heterocycles. The highest BCUT2D eigenvalue weighted by Gasteiger charge is 2.30. The second kappa shape index (κ2) is 5.12. The lowest BCUT2D eigenvalue weighted by Crippen LogP contribution is -2.12. The van der Waals surface area contributed by atoms with Crippen LogP contribution in [-0.4, -0.2) is 38.9 Å². The van der Waals surface area contributed by atoms with Gasteiger partial charge in [0.2, 0.25) is 0 Å². The maximum Gasteiger partial charge on any atom is 0.298 e. The summed E-state index contributed by atoms with van der Waals surface area (Å²) in [5.41, 5.74) is 4.67. The Morgan fingerprint density at radius 3 is 1.70 bits per heavy atom. The third-order valence-corrected chi connectivity index (χ3v) is 5.74. The van der Waals surface area contributed by atoms with Crippen LogP contribution in [0.5, 0.6) is 0 Å². The molecule has 0 aliphatic carbocycles. The maximum absolute atomic E-state index is 11.5. The van der Waals surface area contributed by atoms with E-state index in [2.05, 4.69) is 0 Å². The van der Waals surface area contributed by atoms with Crippen LogP contribution in [0.2, 0.25) is 0 Å². The highest BCUT2D eigenvalue weighted by molar-refractivity contribution is 7.89. The van der Waals surface area contributed by atoms with Crippen LogP contribution in [0, 0.1) is 0 Å². The Bertz CT molecular complexity index is 1130. The van der Waals surface area contributed by atoms with E-state index in [-0.39, 0.29) is 5.39 Å². The Labute approximate surface area is 130 Å². The first-order chi connectivity index (χ1) is 10.2. The lowest BCUT2D eigenvalue weighted by Gasteiger charge is -2.12. The zero-order valence-corrected chi connectivity index (χ0v) is 13.4. The van der Waals surface area contributed by atoms with Gasteiger partial charge in [-0.2, -0.15) is 25.3 Å². The Hall–Kier alpha value is -1.77. The number of anilines is 1. The summed E-state index contributed by atoms with van der Waals surface area (Å²) in [6, 6.07) is 3.33. The molecular weight excluding hydrogens is 374 g/mol. The summed E-state index contributed by atoms with van der Waals surface area (Å²) in [7, 11) is -14.9. The number of hydrogen-bond acceptors (Lipinski definition) is 7. The van der Waals surface area contributed by atoms with Crippen LogP contribution in [0.25, 0.3) is 10.8 Å². The van der Waals surface area contributed by atoms with E-state index in [1.807, 2.05) is 0 Å². The van der Waals surface area contributed by atoms with E-state index in [4.69, 9.17) is 14.8 Å². The van der Waals surface area contributed by atoms with Gasteiger partial charge in [-0.3, -0.25) is 13.7 Å². The minimum Gasteiger partial charge on any atom is -0.398 e. The molecule has 23 heavy (non-hydrogen) atoms. The van der Waals surface area contributed by atoms with Crippen molar-refractivity contribution >= 4 is 46.8 Å². The summed E-state index contributed by atoms with van der Waals surface area (Å²) in [5, 5.41) is -0.612. The molecule has 0 fully saturated rings. The molecule has 0 amide bonds. The zero-order chi connectivity index (χ0) is 17.8. The van der Waals surface area contributed by atoms with Crippen molar-refractivity contribution in [2.45, 2.75) is 14.7 Å². The van der Waals surface area contributed by atoms with Crippen LogP contribution < -0.4 is 5.73 Å². The van der Waals surface area contributed by atoms with Gasteiger partial charge in [-0.25, -0.2) is 0 Å². The Morgan fingerprint density at radius 2 is 1.26 bits per heavy atom. The molecule has 0 saturated carbocycles. The summed E-state index contributed by atoms with van der Waals surface area (Å²) in [6.45, 7) is 0. The lowest BCUT2D eigenvalue weighted by molar-refractivity contribution is 0.468. The fourth-order valence-corrected chi connectivity index (χ4v) is 4.70. The molecule has 0 radical (unpaired) electrons. The van der Waals surface area contributed by atoms with Crippen LogP contribution in [0.15, 0.2) is 39.0 Å². The number of fused-ring (bicyclic) bond motifs is 1. The third-order valence-electron chi connectivity index (χ3n) is 2.86. The van der Waals surface area contributed by atoms with Crippen molar-refractivity contribution < 1.29 is 38.9 Å². The molecule has 5 N–H and O–H groups in total. The largest absolute Gasteiger partial charge is 0.398 e. The van der Waals surface area contributed by atoms with Crippen LogP contribution in [0.1, 0.15) is 0 Å². The van der Waals surface area contributed by atoms with Crippen molar-refractivity contribution in [3.63, 3.8) is 0 Å². The molecule has 0 aliphatic rings. The van der Waals surface area contributed by atoms with Gasteiger partial charge in [-0.15, -0.1) is 0 Å². The third kappa shape index (κ3) is 3.29. The van der Waals surface area contributed by atoms with Gasteiger partial charge in [-0.1, -0.05) is 6.07 Å². The molecule has 0 heterocycles. The highest BCUT2D eigenvalue weighted by Crippen LogP contribution is 2.35. The van der Waals surface area contributed by atoms with Gasteiger partial charge in [0.05, 0.1) is 10.6 Å². The van der Waals surface area contributed by atoms with Crippen LogP contribution in [-0.2, 0) is 30.4 Å². The predicted molar refractivity (Wildman–Crippen MR) is 77.8 cm³/mol. The normalized spacial score (nSPS) is 13.3. The molecule has 13 heteroatoms. The number of nitrogen functional groups attached to an aromatic ring is 1. The van der Waals surface area contributed by atoms with Gasteiger partial charge < -0.3 is 5.73 Å². The quantitative estimate of drug-likeness (QED) is 0.419. The molecular formula is C10H9NO9S3. The highest BCUT2D eigenvalue weighted by atomic mass is 32.2. The maximum atomic E-state index is 11.5. The van der Waals surface area contributed by atoms with E-state index >= 15 is 0 Å². The molecule has 126 valence electrons. The summed E-state index contributed by atoms with van der Waals surface area (Å²) >= 11 is 0. The van der Waals surface area contributed by atoms with Crippen LogP contribution >= 0.6 is 0 Å². The Balaban J connectivity index is 3.13. The van der Waals surface area contributed by atoms with Crippen molar-refractivity contribution in [2.75, 3.05) is 5.73 Å². The number of nitrogens with two attached hydrogens (primary N) is 1. The van der Waals surface area contributed by atoms with Gasteiger partial charge in [0.15, 0.2) is 0 Å². The number of rotatable bonds is 3. The topological polar surface area (TPSA) is 189 Å². The first-order valence-electron chi connectivity index (χ1n) is 5.51. The standard InChI is InChI=1S/C10H9NO9S3/c11-8-4-5-3-6(21(12,13)14)1-2-7(5)9(22(15,16)17)10(8)23(18,19)20/h1-4H,11H2,(H,12,13,14)(H,15,16,17)(H,18,19,20). The van der Waals surface area contributed by atoms with E-state index in [1.54, 1.807) is 0 Å². The second-order valence-corrected chi connectivity index (χ2v) is 8.57. The smallest absolute Gasteiger partial charge is 0.298 e. The Morgan fingerprint density at radius 1 is 0.739 bits per heavy atom. The lowest BCUT2D eigenvalue weighted by atomic mass is 10.1. The fourth-order valence-electron chi connectivity index (χ4n) is 2.04. The molecule has 2 rings (SSSR count). The van der Waals surface area contributed by atoms with E-state index in [1.165, 1.54) is 0 Å². The van der Waals surface area contributed by atoms with Crippen molar-refractivity contribution in [3.8, 4) is 0 Å². The van der Waals surface area contributed by atoms with E-state index in [0.29, 0.717) is 0 Å². The number of hydrogen-bond donors (Lipinski definition) is 4. The van der Waals surface area contributed by atoms with E-state index < -0.39 is 56.1 Å². The summed E-state index contributed by atoms with van der Waals surface area (Å²) < 4.78 is 95.3. The number of benzene rings is 2. The molecule has 10 nitrogen and oxygen atoms in total. The molecule has 0 atom stereocenters. The minimum atomic E-state index is -5.15. The Kier molecular flexibility index (Phi) is 3.91. The van der Waals surface area contributed by atoms with Crippen LogP contribution in [0.3, 0.4) is 0 Å². The van der Waals surface area contributed by atoms with Gasteiger partial charge in [0.25, 0.3) is 30.4 Å². The van der Waals surface area contributed by atoms with Crippen molar-refractivity contribution in [2.24, 2.45) is 0 Å². The van der Waals surface area contributed by atoms with Crippen molar-refractivity contribution in [3.05, 3.63) is 24.3 Å². The summed E-state index contributed by atoms with van der Waals surface area (Å²) in [5.74, 6) is 0. The SMILES string of the molecule is Nc1cc2cc(S(=O)(=O)O)ccc2c(S(=O)(=O)O)c1S(=O)(=O)O. The van der Waals surface area contributed by atoms with Gasteiger partial charge in [0, 0.05) is 5.39 Å². The summed E-state index contributed by atoms with van der Waals surface area (Å²) in [6.07, 6.45) is 0. The predicted octanol–water partition coefficient (Wildman–Crippen LogP) is 0.162. The molecule has 0 bridgehead atoms. The van der Waals surface area contributed by atoms with Gasteiger partial charge >= 0.3 is 0 Å². The monoisotopic (exact) mass is 383 g/mol. The average Bonchev–Trinajstić information content (AvgIpc) is 2.32. The minimum absolute atomic E-state index is 0.197. The molecule has 0 spiro atoms. The molecule has 0 unspecified atom stereocenters. The zero-order valence-electron chi connectivity index (χ0n) is 10.9. The van der Waals surface area contributed by atoms with Gasteiger partial charge in [0.1, 0.15) is 9.79 Å².